The second-order valence-corrected chi connectivity index (χ2v) is 6.49. The van der Waals surface area contributed by atoms with Crippen molar-refractivity contribution in [2.75, 3.05) is 11.9 Å². The summed E-state index contributed by atoms with van der Waals surface area (Å²) in [5.74, 6) is 1.23. The Labute approximate surface area is 163 Å². The van der Waals surface area contributed by atoms with Gasteiger partial charge in [0.1, 0.15) is 11.4 Å². The van der Waals surface area contributed by atoms with Crippen LogP contribution in [0.15, 0.2) is 50.3 Å². The summed E-state index contributed by atoms with van der Waals surface area (Å²) < 4.78 is 11.2. The Morgan fingerprint density at radius 3 is 2.85 bits per heavy atom. The maximum Gasteiger partial charge on any atom is 0.271 e. The van der Waals surface area contributed by atoms with Crippen LogP contribution < -0.4 is 15.6 Å². The number of nitrogens with zero attached hydrogens (tertiary/aromatic N) is 2. The Kier molecular flexibility index (Phi) is 6.02. The first kappa shape index (κ1) is 18.8. The van der Waals surface area contributed by atoms with E-state index in [-0.39, 0.29) is 30.0 Å². The SMILES string of the molecule is CCOc1ccc(-c2noc(CCC(=O)Nc3cc(Br)c[nH]c3=O)n2)cc1. The fourth-order valence-corrected chi connectivity index (χ4v) is 2.67. The number of carbonyl (C=O) groups excluding carboxylic acids is 1. The monoisotopic (exact) mass is 432 g/mol. The van der Waals surface area contributed by atoms with Gasteiger partial charge in [0.15, 0.2) is 0 Å². The Morgan fingerprint density at radius 1 is 1.33 bits per heavy atom. The lowest BCUT2D eigenvalue weighted by Gasteiger charge is -2.03. The third kappa shape index (κ3) is 5.04. The molecule has 0 aliphatic carbocycles. The number of H-pyrrole nitrogens is 1. The molecule has 0 saturated heterocycles. The predicted octanol–water partition coefficient (Wildman–Crippen LogP) is 3.16. The van der Waals surface area contributed by atoms with Crippen molar-refractivity contribution in [3.05, 3.63) is 57.2 Å². The lowest BCUT2D eigenvalue weighted by molar-refractivity contribution is -0.116. The van der Waals surface area contributed by atoms with Gasteiger partial charge in [-0.25, -0.2) is 0 Å². The van der Waals surface area contributed by atoms with Gasteiger partial charge in [-0.2, -0.15) is 4.98 Å². The van der Waals surface area contributed by atoms with Crippen molar-refractivity contribution < 1.29 is 14.1 Å². The molecule has 9 heteroatoms. The van der Waals surface area contributed by atoms with Crippen LogP contribution in [-0.4, -0.2) is 27.6 Å². The number of hydrogen-bond acceptors (Lipinski definition) is 6. The molecule has 3 aromatic rings. The molecule has 0 aliphatic heterocycles. The zero-order valence-electron chi connectivity index (χ0n) is 14.5. The van der Waals surface area contributed by atoms with E-state index >= 15 is 0 Å². The minimum Gasteiger partial charge on any atom is -0.494 e. The van der Waals surface area contributed by atoms with Gasteiger partial charge in [-0.3, -0.25) is 9.59 Å². The van der Waals surface area contributed by atoms with Gasteiger partial charge in [0, 0.05) is 29.1 Å². The highest BCUT2D eigenvalue weighted by atomic mass is 79.9. The van der Waals surface area contributed by atoms with Gasteiger partial charge in [-0.05, 0) is 53.2 Å². The van der Waals surface area contributed by atoms with E-state index in [9.17, 15) is 9.59 Å². The quantitative estimate of drug-likeness (QED) is 0.593. The molecule has 27 heavy (non-hydrogen) atoms. The number of rotatable bonds is 7. The number of pyridine rings is 1. The van der Waals surface area contributed by atoms with E-state index in [1.54, 1.807) is 0 Å². The van der Waals surface area contributed by atoms with Crippen LogP contribution in [0.2, 0.25) is 0 Å². The van der Waals surface area contributed by atoms with Crippen LogP contribution in [0, 0.1) is 0 Å². The standard InChI is InChI=1S/C18H17BrN4O4/c1-2-26-13-5-3-11(4-6-13)17-22-16(27-23-17)8-7-15(24)21-14-9-12(19)10-20-18(14)25/h3-6,9-10H,2,7-8H2,1H3,(H,20,25)(H,21,24). The predicted molar refractivity (Wildman–Crippen MR) is 103 cm³/mol. The summed E-state index contributed by atoms with van der Waals surface area (Å²) in [6, 6.07) is 8.88. The zero-order chi connectivity index (χ0) is 19.2. The molecular formula is C18H17BrN4O4. The van der Waals surface area contributed by atoms with Crippen molar-refractivity contribution in [1.82, 2.24) is 15.1 Å². The molecule has 2 N–H and O–H groups in total. The largest absolute Gasteiger partial charge is 0.494 e. The minimum atomic E-state index is -0.373. The third-order valence-electron chi connectivity index (χ3n) is 3.60. The maximum absolute atomic E-state index is 12.0. The molecule has 0 radical (unpaired) electrons. The first-order valence-electron chi connectivity index (χ1n) is 8.29. The van der Waals surface area contributed by atoms with Crippen molar-refractivity contribution in [3.8, 4) is 17.1 Å². The van der Waals surface area contributed by atoms with Crippen molar-refractivity contribution in [2.45, 2.75) is 19.8 Å². The summed E-state index contributed by atoms with van der Waals surface area (Å²) in [6.45, 7) is 2.52. The summed E-state index contributed by atoms with van der Waals surface area (Å²) in [7, 11) is 0. The van der Waals surface area contributed by atoms with Crippen molar-refractivity contribution in [1.29, 1.82) is 0 Å². The van der Waals surface area contributed by atoms with E-state index < -0.39 is 0 Å². The molecule has 140 valence electrons. The Hall–Kier alpha value is -2.94. The Bertz CT molecular complexity index is 982. The van der Waals surface area contributed by atoms with Gasteiger partial charge in [0.2, 0.25) is 17.6 Å². The average molecular weight is 433 g/mol. The molecule has 1 aromatic carbocycles. The van der Waals surface area contributed by atoms with Gasteiger partial charge in [-0.15, -0.1) is 0 Å². The number of hydrogen-bond donors (Lipinski definition) is 2. The smallest absolute Gasteiger partial charge is 0.271 e. The normalized spacial score (nSPS) is 10.6. The van der Waals surface area contributed by atoms with E-state index in [0.717, 1.165) is 11.3 Å². The molecule has 0 aliphatic rings. The van der Waals surface area contributed by atoms with Crippen LogP contribution in [0.5, 0.6) is 5.75 Å². The van der Waals surface area contributed by atoms with Gasteiger partial charge >= 0.3 is 0 Å². The summed E-state index contributed by atoms with van der Waals surface area (Å²) in [5, 5.41) is 6.49. The third-order valence-corrected chi connectivity index (χ3v) is 4.06. The minimum absolute atomic E-state index is 0.108. The molecule has 1 amide bonds. The maximum atomic E-state index is 12.0. The van der Waals surface area contributed by atoms with Crippen LogP contribution in [0.4, 0.5) is 5.69 Å². The first-order chi connectivity index (χ1) is 13.0. The van der Waals surface area contributed by atoms with E-state index in [1.807, 2.05) is 31.2 Å². The molecule has 0 atom stereocenters. The van der Waals surface area contributed by atoms with Gasteiger partial charge in [0.25, 0.3) is 5.56 Å². The highest BCUT2D eigenvalue weighted by Gasteiger charge is 2.12. The molecule has 0 fully saturated rings. The second-order valence-electron chi connectivity index (χ2n) is 5.58. The molecule has 0 unspecified atom stereocenters. The number of aryl methyl sites for hydroxylation is 1. The second kappa shape index (κ2) is 8.63. The van der Waals surface area contributed by atoms with Crippen molar-refractivity contribution in [2.24, 2.45) is 0 Å². The Balaban J connectivity index is 1.58. The van der Waals surface area contributed by atoms with Crippen LogP contribution in [0.3, 0.4) is 0 Å². The molecule has 0 saturated carbocycles. The number of aromatic nitrogens is 3. The van der Waals surface area contributed by atoms with E-state index in [1.165, 1.54) is 12.3 Å². The molecule has 2 heterocycles. The van der Waals surface area contributed by atoms with Crippen LogP contribution in [0.1, 0.15) is 19.2 Å². The van der Waals surface area contributed by atoms with Crippen LogP contribution >= 0.6 is 15.9 Å². The molecule has 0 spiro atoms. The molecule has 0 bridgehead atoms. The van der Waals surface area contributed by atoms with Crippen molar-refractivity contribution in [3.63, 3.8) is 0 Å². The number of nitrogens with one attached hydrogen (secondary N) is 2. The fourth-order valence-electron chi connectivity index (χ4n) is 2.32. The van der Waals surface area contributed by atoms with Crippen molar-refractivity contribution >= 4 is 27.5 Å². The molecule has 2 aromatic heterocycles. The van der Waals surface area contributed by atoms with Gasteiger partial charge < -0.3 is 19.6 Å². The number of carbonyl (C=O) groups is 1. The molecule has 3 rings (SSSR count). The number of aromatic amines is 1. The van der Waals surface area contributed by atoms with Crippen LogP contribution in [0.25, 0.3) is 11.4 Å². The lowest BCUT2D eigenvalue weighted by atomic mass is 10.2. The first-order valence-corrected chi connectivity index (χ1v) is 9.08. The number of amides is 1. The summed E-state index contributed by atoms with van der Waals surface area (Å²) in [4.78, 5) is 30.5. The average Bonchev–Trinajstić information content (AvgIpc) is 3.13. The number of benzene rings is 1. The topological polar surface area (TPSA) is 110 Å². The summed E-state index contributed by atoms with van der Waals surface area (Å²) >= 11 is 3.24. The van der Waals surface area contributed by atoms with E-state index in [0.29, 0.717) is 22.8 Å². The lowest BCUT2D eigenvalue weighted by Crippen LogP contribution is -2.19. The van der Waals surface area contributed by atoms with Gasteiger partial charge in [-0.1, -0.05) is 5.16 Å². The zero-order valence-corrected chi connectivity index (χ0v) is 16.1. The Morgan fingerprint density at radius 2 is 2.11 bits per heavy atom. The molecule has 8 nitrogen and oxygen atoms in total. The van der Waals surface area contributed by atoms with E-state index in [4.69, 9.17) is 9.26 Å². The highest BCUT2D eigenvalue weighted by molar-refractivity contribution is 9.10. The summed E-state index contributed by atoms with van der Waals surface area (Å²) in [5.41, 5.74) is 0.593. The van der Waals surface area contributed by atoms with E-state index in [2.05, 4.69) is 36.4 Å². The number of anilines is 1. The highest BCUT2D eigenvalue weighted by Crippen LogP contribution is 2.20. The number of ether oxygens (including phenoxy) is 1. The van der Waals surface area contributed by atoms with Crippen LogP contribution in [-0.2, 0) is 11.2 Å². The summed E-state index contributed by atoms with van der Waals surface area (Å²) in [6.07, 6.45) is 1.87. The molecular weight excluding hydrogens is 416 g/mol. The van der Waals surface area contributed by atoms with Gasteiger partial charge in [0.05, 0.1) is 6.61 Å². The number of halogens is 1. The fraction of sp³-hybridized carbons (Fsp3) is 0.222.